The number of amides is 1. The van der Waals surface area contributed by atoms with E-state index in [1.54, 1.807) is 19.1 Å². The molecule has 1 atom stereocenters. The molecule has 0 saturated carbocycles. The SMILES string of the molecule is CCc1ccc(C(=O)N[C@H](CC)C(=O)O)cc1. The number of carboxylic acids is 1. The zero-order valence-electron chi connectivity index (χ0n) is 10.1. The van der Waals surface area contributed by atoms with E-state index < -0.39 is 12.0 Å². The Balaban J connectivity index is 2.72. The van der Waals surface area contributed by atoms with Gasteiger partial charge < -0.3 is 10.4 Å². The van der Waals surface area contributed by atoms with Crippen LogP contribution >= 0.6 is 0 Å². The summed E-state index contributed by atoms with van der Waals surface area (Å²) >= 11 is 0. The topological polar surface area (TPSA) is 66.4 Å². The molecule has 17 heavy (non-hydrogen) atoms. The first-order chi connectivity index (χ1) is 8.08. The first kappa shape index (κ1) is 13.2. The Bertz CT molecular complexity index is 398. The average Bonchev–Trinajstić information content (AvgIpc) is 2.35. The van der Waals surface area contributed by atoms with Gasteiger partial charge in [-0.15, -0.1) is 0 Å². The van der Waals surface area contributed by atoms with Gasteiger partial charge in [0.1, 0.15) is 6.04 Å². The lowest BCUT2D eigenvalue weighted by atomic mass is 10.1. The monoisotopic (exact) mass is 235 g/mol. The molecule has 0 spiro atoms. The van der Waals surface area contributed by atoms with Gasteiger partial charge in [-0.05, 0) is 30.5 Å². The number of nitrogens with one attached hydrogen (secondary N) is 1. The maximum atomic E-state index is 11.7. The highest BCUT2D eigenvalue weighted by Crippen LogP contribution is 2.05. The Labute approximate surface area is 101 Å². The molecule has 2 N–H and O–H groups in total. The zero-order chi connectivity index (χ0) is 12.8. The molecule has 92 valence electrons. The molecule has 4 heteroatoms. The van der Waals surface area contributed by atoms with Crippen LogP contribution < -0.4 is 5.32 Å². The second-order valence-electron chi connectivity index (χ2n) is 3.82. The molecule has 1 amide bonds. The highest BCUT2D eigenvalue weighted by molar-refractivity contribution is 5.96. The molecular formula is C13H17NO3. The first-order valence-electron chi connectivity index (χ1n) is 5.71. The molecule has 0 heterocycles. The van der Waals surface area contributed by atoms with Crippen molar-refractivity contribution in [3.05, 3.63) is 35.4 Å². The second-order valence-corrected chi connectivity index (χ2v) is 3.82. The van der Waals surface area contributed by atoms with Crippen molar-refractivity contribution in [2.24, 2.45) is 0 Å². The molecule has 0 unspecified atom stereocenters. The van der Waals surface area contributed by atoms with Gasteiger partial charge in [0, 0.05) is 5.56 Å². The minimum atomic E-state index is -1.01. The fraction of sp³-hybridized carbons (Fsp3) is 0.385. The summed E-state index contributed by atoms with van der Waals surface area (Å²) in [5.41, 5.74) is 1.63. The summed E-state index contributed by atoms with van der Waals surface area (Å²) in [4.78, 5) is 22.5. The largest absolute Gasteiger partial charge is 0.480 e. The molecule has 0 aliphatic heterocycles. The van der Waals surface area contributed by atoms with Crippen LogP contribution in [0.2, 0.25) is 0 Å². The van der Waals surface area contributed by atoms with E-state index in [0.717, 1.165) is 12.0 Å². The molecular weight excluding hydrogens is 218 g/mol. The van der Waals surface area contributed by atoms with Gasteiger partial charge in [-0.25, -0.2) is 4.79 Å². The smallest absolute Gasteiger partial charge is 0.326 e. The minimum Gasteiger partial charge on any atom is -0.480 e. The van der Waals surface area contributed by atoms with Gasteiger partial charge in [0.25, 0.3) is 5.91 Å². The Morgan fingerprint density at radius 3 is 2.24 bits per heavy atom. The number of carbonyl (C=O) groups excluding carboxylic acids is 1. The quantitative estimate of drug-likeness (QED) is 0.818. The Morgan fingerprint density at radius 2 is 1.82 bits per heavy atom. The van der Waals surface area contributed by atoms with E-state index in [-0.39, 0.29) is 5.91 Å². The van der Waals surface area contributed by atoms with Crippen molar-refractivity contribution < 1.29 is 14.7 Å². The van der Waals surface area contributed by atoms with Crippen LogP contribution in [-0.2, 0) is 11.2 Å². The third-order valence-corrected chi connectivity index (χ3v) is 2.64. The molecule has 1 rings (SSSR count). The van der Waals surface area contributed by atoms with E-state index in [4.69, 9.17) is 5.11 Å². The number of hydrogen-bond acceptors (Lipinski definition) is 2. The third-order valence-electron chi connectivity index (χ3n) is 2.64. The van der Waals surface area contributed by atoms with Crippen LogP contribution in [0.25, 0.3) is 0 Å². The third kappa shape index (κ3) is 3.59. The highest BCUT2D eigenvalue weighted by Gasteiger charge is 2.18. The number of rotatable bonds is 5. The van der Waals surface area contributed by atoms with Gasteiger partial charge in [-0.3, -0.25) is 4.79 Å². The molecule has 0 saturated heterocycles. The number of hydrogen-bond donors (Lipinski definition) is 2. The normalized spacial score (nSPS) is 11.9. The number of aliphatic carboxylic acids is 1. The Kier molecular flexibility index (Phi) is 4.69. The molecule has 1 aromatic rings. The van der Waals surface area contributed by atoms with E-state index >= 15 is 0 Å². The number of carboxylic acid groups (broad SMARTS) is 1. The van der Waals surface area contributed by atoms with Crippen molar-refractivity contribution >= 4 is 11.9 Å². The van der Waals surface area contributed by atoms with Crippen LogP contribution in [0.1, 0.15) is 36.2 Å². The van der Waals surface area contributed by atoms with Crippen LogP contribution in [0, 0.1) is 0 Å². The molecule has 4 nitrogen and oxygen atoms in total. The van der Waals surface area contributed by atoms with E-state index in [9.17, 15) is 9.59 Å². The highest BCUT2D eigenvalue weighted by atomic mass is 16.4. The second kappa shape index (κ2) is 6.03. The molecule has 0 aliphatic carbocycles. The maximum absolute atomic E-state index is 11.7. The predicted octanol–water partition coefficient (Wildman–Crippen LogP) is 1.84. The first-order valence-corrected chi connectivity index (χ1v) is 5.71. The lowest BCUT2D eigenvalue weighted by Crippen LogP contribution is -2.40. The van der Waals surface area contributed by atoms with Gasteiger partial charge in [0.05, 0.1) is 0 Å². The molecule has 0 fully saturated rings. The number of carbonyl (C=O) groups is 2. The van der Waals surface area contributed by atoms with E-state index in [2.05, 4.69) is 5.32 Å². The molecule has 0 aliphatic rings. The van der Waals surface area contributed by atoms with E-state index in [1.807, 2.05) is 19.1 Å². The molecule has 1 aromatic carbocycles. The summed E-state index contributed by atoms with van der Waals surface area (Å²) in [6, 6.07) is 6.34. The minimum absolute atomic E-state index is 0.345. The van der Waals surface area contributed by atoms with Crippen molar-refractivity contribution in [2.45, 2.75) is 32.7 Å². The van der Waals surface area contributed by atoms with Crippen LogP contribution in [0.5, 0.6) is 0 Å². The lowest BCUT2D eigenvalue weighted by Gasteiger charge is -2.12. The number of benzene rings is 1. The fourth-order valence-electron chi connectivity index (χ4n) is 1.47. The van der Waals surface area contributed by atoms with Crippen LogP contribution in [0.15, 0.2) is 24.3 Å². The average molecular weight is 235 g/mol. The van der Waals surface area contributed by atoms with Gasteiger partial charge in [-0.1, -0.05) is 26.0 Å². The van der Waals surface area contributed by atoms with Gasteiger partial charge >= 0.3 is 5.97 Å². The zero-order valence-corrected chi connectivity index (χ0v) is 10.1. The van der Waals surface area contributed by atoms with Crippen LogP contribution in [0.3, 0.4) is 0 Å². The summed E-state index contributed by atoms with van der Waals surface area (Å²) in [6.45, 7) is 3.76. The predicted molar refractivity (Wildman–Crippen MR) is 65.0 cm³/mol. The summed E-state index contributed by atoms with van der Waals surface area (Å²) in [5, 5.41) is 11.3. The number of aryl methyl sites for hydroxylation is 1. The van der Waals surface area contributed by atoms with Crippen LogP contribution in [0.4, 0.5) is 0 Å². The fourth-order valence-corrected chi connectivity index (χ4v) is 1.47. The van der Waals surface area contributed by atoms with E-state index in [1.165, 1.54) is 0 Å². The van der Waals surface area contributed by atoms with E-state index in [0.29, 0.717) is 12.0 Å². The maximum Gasteiger partial charge on any atom is 0.326 e. The van der Waals surface area contributed by atoms with Crippen molar-refractivity contribution in [1.29, 1.82) is 0 Å². The molecule has 0 radical (unpaired) electrons. The summed E-state index contributed by atoms with van der Waals surface area (Å²) in [6.07, 6.45) is 1.28. The van der Waals surface area contributed by atoms with Crippen LogP contribution in [-0.4, -0.2) is 23.0 Å². The van der Waals surface area contributed by atoms with Gasteiger partial charge in [0.2, 0.25) is 0 Å². The van der Waals surface area contributed by atoms with Gasteiger partial charge in [-0.2, -0.15) is 0 Å². The van der Waals surface area contributed by atoms with Gasteiger partial charge in [0.15, 0.2) is 0 Å². The molecule has 0 bridgehead atoms. The van der Waals surface area contributed by atoms with Crippen molar-refractivity contribution in [3.8, 4) is 0 Å². The molecule has 0 aromatic heterocycles. The van der Waals surface area contributed by atoms with Crippen molar-refractivity contribution in [3.63, 3.8) is 0 Å². The van der Waals surface area contributed by atoms with Crippen molar-refractivity contribution in [2.75, 3.05) is 0 Å². The van der Waals surface area contributed by atoms with Crippen molar-refractivity contribution in [1.82, 2.24) is 5.32 Å². The summed E-state index contributed by atoms with van der Waals surface area (Å²) in [5.74, 6) is -1.35. The Hall–Kier alpha value is -1.84. The summed E-state index contributed by atoms with van der Waals surface area (Å²) in [7, 11) is 0. The summed E-state index contributed by atoms with van der Waals surface area (Å²) < 4.78 is 0. The lowest BCUT2D eigenvalue weighted by molar-refractivity contribution is -0.139. The Morgan fingerprint density at radius 1 is 1.24 bits per heavy atom. The standard InChI is InChI=1S/C13H17NO3/c1-3-9-5-7-10(8-6-9)12(15)14-11(4-2)13(16)17/h5-8,11H,3-4H2,1-2H3,(H,14,15)(H,16,17)/t11-/m1/s1.